The van der Waals surface area contributed by atoms with E-state index in [9.17, 15) is 5.11 Å². The molecule has 9 heteroatoms. The molecule has 116 valence electrons. The zero-order valence-corrected chi connectivity index (χ0v) is 12.0. The Hall–Kier alpha value is -1.81. The summed E-state index contributed by atoms with van der Waals surface area (Å²) in [5.41, 5.74) is 6.70. The third kappa shape index (κ3) is 3.45. The summed E-state index contributed by atoms with van der Waals surface area (Å²) in [7, 11) is 3.14. The highest BCUT2D eigenvalue weighted by molar-refractivity contribution is 5.81. The molecule has 2 heterocycles. The lowest BCUT2D eigenvalue weighted by atomic mass is 10.4. The van der Waals surface area contributed by atoms with E-state index in [0.29, 0.717) is 24.4 Å². The number of anilines is 1. The molecule has 0 aliphatic heterocycles. The van der Waals surface area contributed by atoms with Gasteiger partial charge in [-0.2, -0.15) is 0 Å². The topological polar surface area (TPSA) is 118 Å². The number of hydrogen-bond acceptors (Lipinski definition) is 8. The molecule has 1 atom stereocenters. The van der Waals surface area contributed by atoms with Gasteiger partial charge in [-0.25, -0.2) is 15.0 Å². The van der Waals surface area contributed by atoms with E-state index in [-0.39, 0.29) is 18.5 Å². The maximum atomic E-state index is 9.58. The van der Waals surface area contributed by atoms with Crippen LogP contribution >= 0.6 is 0 Å². The number of fused-ring (bicyclic) bond motifs is 1. The highest BCUT2D eigenvalue weighted by Crippen LogP contribution is 2.20. The predicted octanol–water partition coefficient (Wildman–Crippen LogP) is -0.423. The molecule has 0 spiro atoms. The summed E-state index contributed by atoms with van der Waals surface area (Å²) in [4.78, 5) is 12.1. The van der Waals surface area contributed by atoms with Gasteiger partial charge in [0.15, 0.2) is 17.7 Å². The Labute approximate surface area is 121 Å². The van der Waals surface area contributed by atoms with E-state index in [1.165, 1.54) is 12.7 Å². The second-order valence-electron chi connectivity index (χ2n) is 4.39. The number of nitrogens with zero attached hydrogens (tertiary/aromatic N) is 4. The van der Waals surface area contributed by atoms with Gasteiger partial charge in [0.1, 0.15) is 17.9 Å². The Bertz CT molecular complexity index is 570. The van der Waals surface area contributed by atoms with E-state index < -0.39 is 6.23 Å². The molecule has 0 amide bonds. The monoisotopic (exact) mass is 297 g/mol. The summed E-state index contributed by atoms with van der Waals surface area (Å²) in [6, 6.07) is 0. The minimum atomic E-state index is -0.667. The summed E-state index contributed by atoms with van der Waals surface area (Å²) < 4.78 is 17.5. The van der Waals surface area contributed by atoms with Gasteiger partial charge in [0.05, 0.1) is 26.1 Å². The number of rotatable bonds is 8. The third-order valence-electron chi connectivity index (χ3n) is 2.91. The highest BCUT2D eigenvalue weighted by atomic mass is 16.6. The molecule has 3 N–H and O–H groups in total. The van der Waals surface area contributed by atoms with Crippen molar-refractivity contribution in [1.82, 2.24) is 19.5 Å². The number of methoxy groups -OCH3 is 2. The first-order valence-electron chi connectivity index (χ1n) is 6.38. The second kappa shape index (κ2) is 7.27. The van der Waals surface area contributed by atoms with E-state index >= 15 is 0 Å². The largest absolute Gasteiger partial charge is 0.392 e. The molecule has 0 saturated heterocycles. The van der Waals surface area contributed by atoms with Crippen molar-refractivity contribution in [3.63, 3.8) is 0 Å². The molecule has 0 aromatic carbocycles. The zero-order valence-electron chi connectivity index (χ0n) is 12.0. The summed E-state index contributed by atoms with van der Waals surface area (Å²) in [5, 5.41) is 9.58. The van der Waals surface area contributed by atoms with Crippen LogP contribution in [0.15, 0.2) is 12.7 Å². The van der Waals surface area contributed by atoms with Crippen LogP contribution in [0.25, 0.3) is 11.2 Å². The van der Waals surface area contributed by atoms with Gasteiger partial charge in [-0.3, -0.25) is 4.57 Å². The van der Waals surface area contributed by atoms with Crippen LogP contribution < -0.4 is 5.73 Å². The van der Waals surface area contributed by atoms with Crippen molar-refractivity contribution in [3.8, 4) is 0 Å². The predicted molar refractivity (Wildman–Crippen MR) is 74.5 cm³/mol. The SMILES string of the molecule is COCC(COC)O[C@H](CO)n1cnc2c(N)ncnc21. The van der Waals surface area contributed by atoms with Gasteiger partial charge in [-0.05, 0) is 0 Å². The lowest BCUT2D eigenvalue weighted by Crippen LogP contribution is -2.30. The molecule has 0 radical (unpaired) electrons. The summed E-state index contributed by atoms with van der Waals surface area (Å²) in [5.74, 6) is 0.278. The number of nitrogen functional groups attached to an aromatic ring is 1. The van der Waals surface area contributed by atoms with Crippen LogP contribution in [-0.4, -0.2) is 64.8 Å². The van der Waals surface area contributed by atoms with Crippen molar-refractivity contribution >= 4 is 17.0 Å². The van der Waals surface area contributed by atoms with Crippen molar-refractivity contribution in [1.29, 1.82) is 0 Å². The average Bonchev–Trinajstić information content (AvgIpc) is 2.90. The van der Waals surface area contributed by atoms with Gasteiger partial charge in [-0.15, -0.1) is 0 Å². The van der Waals surface area contributed by atoms with E-state index in [1.807, 2.05) is 0 Å². The molecule has 2 aromatic rings. The average molecular weight is 297 g/mol. The Balaban J connectivity index is 2.24. The summed E-state index contributed by atoms with van der Waals surface area (Å²) in [6.07, 6.45) is 1.85. The minimum absolute atomic E-state index is 0.251. The Morgan fingerprint density at radius 2 is 1.95 bits per heavy atom. The second-order valence-corrected chi connectivity index (χ2v) is 4.39. The van der Waals surface area contributed by atoms with Crippen molar-refractivity contribution in [3.05, 3.63) is 12.7 Å². The zero-order chi connectivity index (χ0) is 15.2. The lowest BCUT2D eigenvalue weighted by molar-refractivity contribution is -0.120. The van der Waals surface area contributed by atoms with Crippen LogP contribution in [0, 0.1) is 0 Å². The first-order valence-corrected chi connectivity index (χ1v) is 6.38. The molecule has 0 saturated carbocycles. The number of ether oxygens (including phenoxy) is 3. The number of nitrogens with two attached hydrogens (primary N) is 1. The van der Waals surface area contributed by atoms with Crippen LogP contribution in [-0.2, 0) is 14.2 Å². The fraction of sp³-hybridized carbons (Fsp3) is 0.583. The number of hydrogen-bond donors (Lipinski definition) is 2. The Morgan fingerprint density at radius 3 is 2.57 bits per heavy atom. The smallest absolute Gasteiger partial charge is 0.167 e. The molecular formula is C12H19N5O4. The number of imidazole rings is 1. The van der Waals surface area contributed by atoms with Crippen molar-refractivity contribution in [2.24, 2.45) is 0 Å². The van der Waals surface area contributed by atoms with Crippen molar-refractivity contribution in [2.75, 3.05) is 39.8 Å². The first-order chi connectivity index (χ1) is 10.2. The van der Waals surface area contributed by atoms with Crippen LogP contribution in [0.1, 0.15) is 6.23 Å². The van der Waals surface area contributed by atoms with Gasteiger partial charge in [0.2, 0.25) is 0 Å². The maximum absolute atomic E-state index is 9.58. The standard InChI is InChI=1S/C12H19N5O4/c1-19-4-8(5-20-2)21-9(3-18)17-7-16-10-11(13)14-6-15-12(10)17/h6-9,18H,3-5H2,1-2H3,(H2,13,14,15)/t9-/m1/s1. The fourth-order valence-corrected chi connectivity index (χ4v) is 2.00. The maximum Gasteiger partial charge on any atom is 0.167 e. The quantitative estimate of drug-likeness (QED) is 0.674. The molecule has 0 aliphatic rings. The van der Waals surface area contributed by atoms with Crippen molar-refractivity contribution < 1.29 is 19.3 Å². The minimum Gasteiger partial charge on any atom is -0.392 e. The molecule has 0 bridgehead atoms. The van der Waals surface area contributed by atoms with Crippen molar-refractivity contribution in [2.45, 2.75) is 12.3 Å². The molecule has 21 heavy (non-hydrogen) atoms. The first kappa shape index (κ1) is 15.6. The third-order valence-corrected chi connectivity index (χ3v) is 2.91. The van der Waals surface area contributed by atoms with Gasteiger partial charge < -0.3 is 25.1 Å². The van der Waals surface area contributed by atoms with Crippen LogP contribution in [0.4, 0.5) is 5.82 Å². The number of aliphatic hydroxyl groups excluding tert-OH is 1. The van der Waals surface area contributed by atoms with Gasteiger partial charge in [0, 0.05) is 14.2 Å². The molecule has 2 aromatic heterocycles. The molecule has 0 fully saturated rings. The van der Waals surface area contributed by atoms with E-state index in [4.69, 9.17) is 19.9 Å². The molecule has 9 nitrogen and oxygen atoms in total. The van der Waals surface area contributed by atoms with Gasteiger partial charge in [-0.1, -0.05) is 0 Å². The molecular weight excluding hydrogens is 278 g/mol. The normalized spacial score (nSPS) is 13.1. The van der Waals surface area contributed by atoms with Gasteiger partial charge >= 0.3 is 0 Å². The van der Waals surface area contributed by atoms with E-state index in [1.54, 1.807) is 18.8 Å². The highest BCUT2D eigenvalue weighted by Gasteiger charge is 2.21. The van der Waals surface area contributed by atoms with Crippen LogP contribution in [0.2, 0.25) is 0 Å². The van der Waals surface area contributed by atoms with Crippen LogP contribution in [0.3, 0.4) is 0 Å². The van der Waals surface area contributed by atoms with E-state index in [0.717, 1.165) is 0 Å². The molecule has 0 aliphatic carbocycles. The fourth-order valence-electron chi connectivity index (χ4n) is 2.00. The lowest BCUT2D eigenvalue weighted by Gasteiger charge is -2.23. The molecule has 0 unspecified atom stereocenters. The summed E-state index contributed by atoms with van der Waals surface area (Å²) in [6.45, 7) is 0.432. The van der Waals surface area contributed by atoms with Gasteiger partial charge in [0.25, 0.3) is 0 Å². The Kier molecular flexibility index (Phi) is 5.39. The number of aromatic nitrogens is 4. The molecule has 2 rings (SSSR count). The van der Waals surface area contributed by atoms with Crippen LogP contribution in [0.5, 0.6) is 0 Å². The Morgan fingerprint density at radius 1 is 1.24 bits per heavy atom. The summed E-state index contributed by atoms with van der Waals surface area (Å²) >= 11 is 0. The number of aliphatic hydroxyl groups is 1. The van der Waals surface area contributed by atoms with E-state index in [2.05, 4.69) is 15.0 Å².